The monoisotopic (exact) mass is 398 g/mol. The molecular weight excluding hydrogens is 379 g/mol. The van der Waals surface area contributed by atoms with Crippen LogP contribution in [0.1, 0.15) is 23.6 Å². The summed E-state index contributed by atoms with van der Waals surface area (Å²) in [5.41, 5.74) is 5.15. The molecule has 1 unspecified atom stereocenters. The first-order valence-corrected chi connectivity index (χ1v) is 10.4. The van der Waals surface area contributed by atoms with E-state index in [1.54, 1.807) is 11.8 Å². The van der Waals surface area contributed by atoms with Gasteiger partial charge in [-0.25, -0.2) is 4.39 Å². The smallest absolute Gasteiger partial charge is 0.123 e. The molecule has 0 N–H and O–H groups in total. The van der Waals surface area contributed by atoms with E-state index < -0.39 is 0 Å². The van der Waals surface area contributed by atoms with E-state index in [2.05, 4.69) is 42.2 Å². The van der Waals surface area contributed by atoms with Gasteiger partial charge in [0, 0.05) is 34.0 Å². The fourth-order valence-electron chi connectivity index (χ4n) is 3.78. The Morgan fingerprint density at radius 1 is 0.931 bits per heavy atom. The van der Waals surface area contributed by atoms with E-state index in [-0.39, 0.29) is 10.7 Å². The van der Waals surface area contributed by atoms with Gasteiger partial charge in [0.05, 0.1) is 11.2 Å². The van der Waals surface area contributed by atoms with Crippen LogP contribution in [-0.2, 0) is 6.42 Å². The van der Waals surface area contributed by atoms with E-state index in [0.29, 0.717) is 0 Å². The Morgan fingerprint density at radius 2 is 1.69 bits per heavy atom. The zero-order valence-electron chi connectivity index (χ0n) is 16.0. The summed E-state index contributed by atoms with van der Waals surface area (Å²) in [6, 6.07) is 25.4. The summed E-state index contributed by atoms with van der Waals surface area (Å²) >= 11 is 1.76. The highest BCUT2D eigenvalue weighted by Gasteiger charge is 2.32. The third kappa shape index (κ3) is 3.56. The topological polar surface area (TPSA) is 25.2 Å². The molecule has 0 radical (unpaired) electrons. The van der Waals surface area contributed by atoms with Gasteiger partial charge in [-0.1, -0.05) is 60.3 Å². The molecule has 1 aliphatic heterocycles. The van der Waals surface area contributed by atoms with Gasteiger partial charge in [0.15, 0.2) is 0 Å². The molecule has 29 heavy (non-hydrogen) atoms. The predicted molar refractivity (Wildman–Crippen MR) is 118 cm³/mol. The minimum Gasteiger partial charge on any atom is -0.266 e. The van der Waals surface area contributed by atoms with Crippen LogP contribution in [0.5, 0.6) is 0 Å². The summed E-state index contributed by atoms with van der Waals surface area (Å²) in [5.74, 6) is -0.216. The predicted octanol–water partition coefficient (Wildman–Crippen LogP) is 6.28. The number of aromatic nitrogens is 1. The van der Waals surface area contributed by atoms with E-state index in [9.17, 15) is 4.39 Å². The van der Waals surface area contributed by atoms with E-state index in [1.807, 2.05) is 42.6 Å². The van der Waals surface area contributed by atoms with Gasteiger partial charge >= 0.3 is 0 Å². The molecule has 0 aliphatic carbocycles. The highest BCUT2D eigenvalue weighted by Crippen LogP contribution is 2.43. The number of nitrogens with zero attached hydrogens (tertiary/aromatic N) is 2. The molecule has 2 nitrogen and oxygen atoms in total. The first kappa shape index (κ1) is 18.1. The van der Waals surface area contributed by atoms with Gasteiger partial charge < -0.3 is 0 Å². The van der Waals surface area contributed by atoms with Crippen LogP contribution < -0.4 is 0 Å². The van der Waals surface area contributed by atoms with Crippen molar-refractivity contribution >= 4 is 28.4 Å². The standard InChI is InChI=1S/C25H19FN2S/c1-25(15-17-10-12-20(26)13-11-17)28-24(21-7-3-5-9-23(21)29-25)19-14-18-6-2-4-8-22(18)27-16-19/h2-14,16H,15H2,1H3. The van der Waals surface area contributed by atoms with Gasteiger partial charge in [-0.2, -0.15) is 0 Å². The lowest BCUT2D eigenvalue weighted by atomic mass is 10.00. The normalized spacial score (nSPS) is 18.3. The molecule has 4 heteroatoms. The van der Waals surface area contributed by atoms with E-state index >= 15 is 0 Å². The molecule has 0 spiro atoms. The van der Waals surface area contributed by atoms with Crippen molar-refractivity contribution in [3.63, 3.8) is 0 Å². The molecule has 0 amide bonds. The van der Waals surface area contributed by atoms with Crippen LogP contribution in [0.25, 0.3) is 10.9 Å². The van der Waals surface area contributed by atoms with Crippen LogP contribution >= 0.6 is 11.8 Å². The van der Waals surface area contributed by atoms with Crippen LogP contribution in [0.15, 0.2) is 94.9 Å². The Hall–Kier alpha value is -2.98. The molecule has 1 aliphatic rings. The number of pyridine rings is 1. The van der Waals surface area contributed by atoms with Gasteiger partial charge in [0.2, 0.25) is 0 Å². The lowest BCUT2D eigenvalue weighted by Gasteiger charge is -2.32. The molecule has 2 heterocycles. The summed E-state index contributed by atoms with van der Waals surface area (Å²) < 4.78 is 13.3. The van der Waals surface area contributed by atoms with Gasteiger partial charge in [0.1, 0.15) is 10.7 Å². The maximum Gasteiger partial charge on any atom is 0.123 e. The number of thioether (sulfide) groups is 1. The fourth-order valence-corrected chi connectivity index (χ4v) is 5.06. The van der Waals surface area contributed by atoms with Crippen LogP contribution in [-0.4, -0.2) is 15.6 Å². The zero-order valence-corrected chi connectivity index (χ0v) is 16.8. The third-order valence-electron chi connectivity index (χ3n) is 5.13. The summed E-state index contributed by atoms with van der Waals surface area (Å²) in [5, 5.41) is 1.10. The second-order valence-electron chi connectivity index (χ2n) is 7.45. The minimum absolute atomic E-state index is 0.216. The minimum atomic E-state index is -0.382. The summed E-state index contributed by atoms with van der Waals surface area (Å²) in [7, 11) is 0. The molecule has 5 rings (SSSR count). The number of halogens is 1. The van der Waals surface area contributed by atoms with E-state index in [0.717, 1.165) is 39.7 Å². The Bertz CT molecular complexity index is 1230. The van der Waals surface area contributed by atoms with Crippen molar-refractivity contribution in [2.24, 2.45) is 4.99 Å². The Balaban J connectivity index is 1.62. The van der Waals surface area contributed by atoms with Crippen molar-refractivity contribution in [2.75, 3.05) is 0 Å². The molecule has 0 saturated heterocycles. The maximum atomic E-state index is 13.3. The molecule has 3 aromatic carbocycles. The number of hydrogen-bond donors (Lipinski definition) is 0. The SMILES string of the molecule is CC1(Cc2ccc(F)cc2)N=C(c2cnc3ccccc3c2)c2ccccc2S1. The first-order chi connectivity index (χ1) is 14.1. The Kier molecular flexibility index (Phi) is 4.44. The van der Waals surface area contributed by atoms with Crippen LogP contribution in [0, 0.1) is 5.82 Å². The average molecular weight is 399 g/mol. The Morgan fingerprint density at radius 3 is 2.55 bits per heavy atom. The van der Waals surface area contributed by atoms with E-state index in [4.69, 9.17) is 4.99 Å². The number of aliphatic imine (C=N–C) groups is 1. The number of hydrogen-bond acceptors (Lipinski definition) is 3. The highest BCUT2D eigenvalue weighted by molar-refractivity contribution is 8.00. The van der Waals surface area contributed by atoms with Crippen molar-refractivity contribution < 1.29 is 4.39 Å². The molecule has 0 fully saturated rings. The van der Waals surface area contributed by atoms with Crippen molar-refractivity contribution in [3.05, 3.63) is 108 Å². The fraction of sp³-hybridized carbons (Fsp3) is 0.120. The quantitative estimate of drug-likeness (QED) is 0.406. The van der Waals surface area contributed by atoms with Crippen molar-refractivity contribution in [3.8, 4) is 0 Å². The van der Waals surface area contributed by atoms with Crippen molar-refractivity contribution in [2.45, 2.75) is 23.1 Å². The van der Waals surface area contributed by atoms with Crippen molar-refractivity contribution in [1.29, 1.82) is 0 Å². The molecular formula is C25H19FN2S. The largest absolute Gasteiger partial charge is 0.266 e. The van der Waals surface area contributed by atoms with Crippen LogP contribution in [0.4, 0.5) is 4.39 Å². The Labute approximate surface area is 173 Å². The summed E-state index contributed by atoms with van der Waals surface area (Å²) in [6.07, 6.45) is 2.63. The van der Waals surface area contributed by atoms with Gasteiger partial charge in [-0.05, 0) is 42.8 Å². The molecule has 142 valence electrons. The lowest BCUT2D eigenvalue weighted by Crippen LogP contribution is -2.27. The van der Waals surface area contributed by atoms with E-state index in [1.165, 1.54) is 17.0 Å². The molecule has 0 bridgehead atoms. The number of rotatable bonds is 3. The molecule has 1 aromatic heterocycles. The zero-order chi connectivity index (χ0) is 19.8. The third-order valence-corrected chi connectivity index (χ3v) is 6.38. The summed E-state index contributed by atoms with van der Waals surface area (Å²) in [6.45, 7) is 2.14. The molecule has 4 aromatic rings. The average Bonchev–Trinajstić information content (AvgIpc) is 2.74. The summed E-state index contributed by atoms with van der Waals surface area (Å²) in [4.78, 5) is 10.7. The second-order valence-corrected chi connectivity index (χ2v) is 8.98. The van der Waals surface area contributed by atoms with Crippen LogP contribution in [0.2, 0.25) is 0 Å². The number of fused-ring (bicyclic) bond motifs is 2. The van der Waals surface area contributed by atoms with Crippen LogP contribution in [0.3, 0.4) is 0 Å². The molecule has 0 saturated carbocycles. The second kappa shape index (κ2) is 7.12. The lowest BCUT2D eigenvalue weighted by molar-refractivity contribution is 0.624. The van der Waals surface area contributed by atoms with Gasteiger partial charge in [-0.3, -0.25) is 9.98 Å². The van der Waals surface area contributed by atoms with Gasteiger partial charge in [0.25, 0.3) is 0 Å². The molecule has 1 atom stereocenters. The maximum absolute atomic E-state index is 13.3. The van der Waals surface area contributed by atoms with Crippen molar-refractivity contribution in [1.82, 2.24) is 4.98 Å². The highest BCUT2D eigenvalue weighted by atomic mass is 32.2. The van der Waals surface area contributed by atoms with Gasteiger partial charge in [-0.15, -0.1) is 0 Å². The number of benzene rings is 3. The first-order valence-electron chi connectivity index (χ1n) is 9.58. The number of para-hydroxylation sites is 1.